The van der Waals surface area contributed by atoms with Crippen molar-refractivity contribution in [1.82, 2.24) is 15.3 Å². The molecule has 0 aliphatic heterocycles. The number of nitriles is 1. The summed E-state index contributed by atoms with van der Waals surface area (Å²) in [6.07, 6.45) is 0. The van der Waals surface area contributed by atoms with E-state index < -0.39 is 0 Å². The van der Waals surface area contributed by atoms with Crippen molar-refractivity contribution in [2.75, 3.05) is 25.0 Å². The van der Waals surface area contributed by atoms with E-state index in [2.05, 4.69) is 27.5 Å². The normalized spacial score (nSPS) is 9.67. The van der Waals surface area contributed by atoms with Gasteiger partial charge in [-0.05, 0) is 19.5 Å². The van der Waals surface area contributed by atoms with Crippen LogP contribution in [0.3, 0.4) is 0 Å². The summed E-state index contributed by atoms with van der Waals surface area (Å²) >= 11 is 0. The maximum Gasteiger partial charge on any atom is 0.224 e. The van der Waals surface area contributed by atoms with Crippen molar-refractivity contribution in [2.24, 2.45) is 0 Å². The molecule has 0 aliphatic rings. The Morgan fingerprint density at radius 1 is 1.40 bits per heavy atom. The Bertz CT molecular complexity index is 355. The highest BCUT2D eigenvalue weighted by atomic mass is 15.1. The number of hydrogen-bond donors (Lipinski definition) is 2. The predicted molar refractivity (Wildman–Crippen MR) is 58.5 cm³/mol. The van der Waals surface area contributed by atoms with Crippen molar-refractivity contribution in [2.45, 2.75) is 13.8 Å². The number of nitrogens with one attached hydrogen (secondary N) is 2. The lowest BCUT2D eigenvalue weighted by Crippen LogP contribution is -2.22. The minimum atomic E-state index is 0.397. The van der Waals surface area contributed by atoms with Gasteiger partial charge in [0.1, 0.15) is 11.8 Å². The fourth-order valence-corrected chi connectivity index (χ4v) is 1.14. The van der Waals surface area contributed by atoms with Crippen LogP contribution in [-0.4, -0.2) is 29.6 Å². The monoisotopic (exact) mass is 205 g/mol. The minimum absolute atomic E-state index is 0.397. The van der Waals surface area contributed by atoms with Gasteiger partial charge in [0.15, 0.2) is 0 Å². The molecule has 0 saturated heterocycles. The molecule has 0 spiro atoms. The fraction of sp³-hybridized carbons (Fsp3) is 0.500. The molecule has 0 saturated carbocycles. The van der Waals surface area contributed by atoms with Gasteiger partial charge in [-0.1, -0.05) is 6.92 Å². The number of anilines is 1. The average molecular weight is 205 g/mol. The first-order valence-corrected chi connectivity index (χ1v) is 4.96. The molecule has 1 rings (SSSR count). The fourth-order valence-electron chi connectivity index (χ4n) is 1.14. The van der Waals surface area contributed by atoms with Gasteiger partial charge in [-0.15, -0.1) is 0 Å². The number of rotatable bonds is 5. The molecule has 5 heteroatoms. The van der Waals surface area contributed by atoms with Crippen molar-refractivity contribution in [3.05, 3.63) is 17.5 Å². The first kappa shape index (κ1) is 11.4. The summed E-state index contributed by atoms with van der Waals surface area (Å²) < 4.78 is 0. The highest BCUT2D eigenvalue weighted by Crippen LogP contribution is 2.02. The topological polar surface area (TPSA) is 73.6 Å². The SMILES string of the molecule is CCNCCNc1nc(C)cc(C#N)n1. The molecular weight excluding hydrogens is 190 g/mol. The lowest BCUT2D eigenvalue weighted by atomic mass is 10.3. The zero-order valence-corrected chi connectivity index (χ0v) is 9.04. The third-order valence-corrected chi connectivity index (χ3v) is 1.80. The Morgan fingerprint density at radius 2 is 2.20 bits per heavy atom. The lowest BCUT2D eigenvalue weighted by Gasteiger charge is -2.05. The molecule has 0 atom stereocenters. The van der Waals surface area contributed by atoms with E-state index in [0.717, 1.165) is 25.3 Å². The maximum absolute atomic E-state index is 8.72. The molecule has 80 valence electrons. The van der Waals surface area contributed by atoms with Crippen molar-refractivity contribution in [1.29, 1.82) is 5.26 Å². The minimum Gasteiger partial charge on any atom is -0.353 e. The molecule has 15 heavy (non-hydrogen) atoms. The molecule has 0 aromatic carbocycles. The van der Waals surface area contributed by atoms with E-state index in [1.54, 1.807) is 6.07 Å². The van der Waals surface area contributed by atoms with Gasteiger partial charge in [0.05, 0.1) is 0 Å². The Morgan fingerprint density at radius 3 is 2.87 bits per heavy atom. The van der Waals surface area contributed by atoms with Crippen molar-refractivity contribution in [3.63, 3.8) is 0 Å². The molecule has 0 fully saturated rings. The highest BCUT2D eigenvalue weighted by molar-refractivity contribution is 5.32. The largest absolute Gasteiger partial charge is 0.353 e. The van der Waals surface area contributed by atoms with Gasteiger partial charge in [-0.25, -0.2) is 9.97 Å². The molecule has 0 amide bonds. The maximum atomic E-state index is 8.72. The average Bonchev–Trinajstić information content (AvgIpc) is 2.23. The third-order valence-electron chi connectivity index (χ3n) is 1.80. The highest BCUT2D eigenvalue weighted by Gasteiger charge is 2.00. The van der Waals surface area contributed by atoms with Crippen molar-refractivity contribution < 1.29 is 0 Å². The summed E-state index contributed by atoms with van der Waals surface area (Å²) in [5.41, 5.74) is 1.20. The standard InChI is InChI=1S/C10H15N5/c1-3-12-4-5-13-10-14-8(2)6-9(7-11)15-10/h6,12H,3-5H2,1-2H3,(H,13,14,15). The zero-order chi connectivity index (χ0) is 11.1. The molecule has 0 radical (unpaired) electrons. The molecule has 2 N–H and O–H groups in total. The second-order valence-corrected chi connectivity index (χ2v) is 3.11. The molecule has 1 heterocycles. The van der Waals surface area contributed by atoms with E-state index in [1.165, 1.54) is 0 Å². The van der Waals surface area contributed by atoms with Crippen LogP contribution in [0.1, 0.15) is 18.3 Å². The summed E-state index contributed by atoms with van der Waals surface area (Å²) in [7, 11) is 0. The smallest absolute Gasteiger partial charge is 0.224 e. The number of hydrogen-bond acceptors (Lipinski definition) is 5. The van der Waals surface area contributed by atoms with E-state index in [4.69, 9.17) is 5.26 Å². The summed E-state index contributed by atoms with van der Waals surface area (Å²) in [6, 6.07) is 3.67. The summed E-state index contributed by atoms with van der Waals surface area (Å²) in [4.78, 5) is 8.22. The molecule has 1 aromatic rings. The second-order valence-electron chi connectivity index (χ2n) is 3.11. The summed E-state index contributed by atoms with van der Waals surface area (Å²) in [5, 5.41) is 15.0. The molecule has 5 nitrogen and oxygen atoms in total. The molecule has 0 bridgehead atoms. The van der Waals surface area contributed by atoms with Gasteiger partial charge in [0.2, 0.25) is 5.95 Å². The Balaban J connectivity index is 2.54. The van der Waals surface area contributed by atoms with Crippen LogP contribution in [0.5, 0.6) is 0 Å². The lowest BCUT2D eigenvalue weighted by molar-refractivity contribution is 0.736. The summed E-state index contributed by atoms with van der Waals surface area (Å²) in [5.74, 6) is 0.518. The Kier molecular flexibility index (Phi) is 4.51. The van der Waals surface area contributed by atoms with Gasteiger partial charge in [-0.2, -0.15) is 5.26 Å². The van der Waals surface area contributed by atoms with Crippen LogP contribution in [-0.2, 0) is 0 Å². The van der Waals surface area contributed by atoms with Crippen LogP contribution in [0.25, 0.3) is 0 Å². The number of aromatic nitrogens is 2. The molecule has 0 unspecified atom stereocenters. The Hall–Kier alpha value is -1.67. The quantitative estimate of drug-likeness (QED) is 0.691. The third kappa shape index (κ3) is 3.92. The summed E-state index contributed by atoms with van der Waals surface area (Å²) in [6.45, 7) is 6.45. The predicted octanol–water partition coefficient (Wildman–Crippen LogP) is 0.678. The first-order chi connectivity index (χ1) is 7.26. The first-order valence-electron chi connectivity index (χ1n) is 4.96. The van der Waals surface area contributed by atoms with Gasteiger partial charge >= 0.3 is 0 Å². The van der Waals surface area contributed by atoms with Crippen LogP contribution < -0.4 is 10.6 Å². The van der Waals surface area contributed by atoms with Crippen LogP contribution >= 0.6 is 0 Å². The zero-order valence-electron chi connectivity index (χ0n) is 9.04. The molecule has 0 aliphatic carbocycles. The van der Waals surface area contributed by atoms with E-state index in [1.807, 2.05) is 13.0 Å². The van der Waals surface area contributed by atoms with E-state index in [9.17, 15) is 0 Å². The molecule has 1 aromatic heterocycles. The van der Waals surface area contributed by atoms with Crippen molar-refractivity contribution >= 4 is 5.95 Å². The molecular formula is C10H15N5. The van der Waals surface area contributed by atoms with Gasteiger partial charge in [-0.3, -0.25) is 0 Å². The van der Waals surface area contributed by atoms with E-state index in [0.29, 0.717) is 11.6 Å². The van der Waals surface area contributed by atoms with E-state index >= 15 is 0 Å². The van der Waals surface area contributed by atoms with E-state index in [-0.39, 0.29) is 0 Å². The van der Waals surface area contributed by atoms with Crippen LogP contribution in [0, 0.1) is 18.3 Å². The van der Waals surface area contributed by atoms with Gasteiger partial charge in [0, 0.05) is 18.8 Å². The number of likely N-dealkylation sites (N-methyl/N-ethyl adjacent to an activating group) is 1. The van der Waals surface area contributed by atoms with Crippen LogP contribution in [0.4, 0.5) is 5.95 Å². The number of nitrogens with zero attached hydrogens (tertiary/aromatic N) is 3. The number of aryl methyl sites for hydroxylation is 1. The second kappa shape index (κ2) is 5.94. The van der Waals surface area contributed by atoms with Crippen molar-refractivity contribution in [3.8, 4) is 6.07 Å². The van der Waals surface area contributed by atoms with Gasteiger partial charge in [0.25, 0.3) is 0 Å². The Labute approximate surface area is 89.6 Å². The van der Waals surface area contributed by atoms with Crippen LogP contribution in [0.15, 0.2) is 6.07 Å². The van der Waals surface area contributed by atoms with Gasteiger partial charge < -0.3 is 10.6 Å². The van der Waals surface area contributed by atoms with Crippen LogP contribution in [0.2, 0.25) is 0 Å².